The van der Waals surface area contributed by atoms with Crippen LogP contribution in [0.15, 0.2) is 16.5 Å². The Hall–Kier alpha value is -1.75. The summed E-state index contributed by atoms with van der Waals surface area (Å²) in [4.78, 5) is 10.0. The first-order valence-electron chi connectivity index (χ1n) is 5.53. The molecule has 0 aliphatic rings. The Morgan fingerprint density at radius 2 is 2.06 bits per heavy atom. The number of anilines is 2. The highest BCUT2D eigenvalue weighted by molar-refractivity contribution is 6.28. The molecule has 6 heteroatoms. The minimum Gasteiger partial charge on any atom is -0.464 e. The van der Waals surface area contributed by atoms with Crippen molar-refractivity contribution in [2.45, 2.75) is 20.4 Å². The van der Waals surface area contributed by atoms with Crippen LogP contribution in [0.4, 0.5) is 11.5 Å². The van der Waals surface area contributed by atoms with Crippen molar-refractivity contribution in [2.75, 3.05) is 17.7 Å². The number of nitrogens with zero attached hydrogens (tertiary/aromatic N) is 3. The van der Waals surface area contributed by atoms with Gasteiger partial charge in [-0.15, -0.1) is 0 Å². The van der Waals surface area contributed by atoms with Gasteiger partial charge in [0.25, 0.3) is 0 Å². The van der Waals surface area contributed by atoms with Crippen LogP contribution < -0.4 is 10.6 Å². The summed E-state index contributed by atoms with van der Waals surface area (Å²) in [5.74, 6) is 2.34. The highest BCUT2D eigenvalue weighted by Crippen LogP contribution is 2.25. The first kappa shape index (κ1) is 12.7. The van der Waals surface area contributed by atoms with Gasteiger partial charge < -0.3 is 15.1 Å². The third-order valence-electron chi connectivity index (χ3n) is 2.64. The number of aromatic nitrogens is 2. The van der Waals surface area contributed by atoms with Crippen LogP contribution in [-0.4, -0.2) is 17.0 Å². The molecule has 0 unspecified atom stereocenters. The normalized spacial score (nSPS) is 10.7. The molecule has 0 aliphatic heterocycles. The van der Waals surface area contributed by atoms with Crippen molar-refractivity contribution in [2.24, 2.45) is 0 Å². The van der Waals surface area contributed by atoms with Gasteiger partial charge in [0, 0.05) is 7.05 Å². The largest absolute Gasteiger partial charge is 0.464 e. The lowest BCUT2D eigenvalue weighted by Crippen LogP contribution is -2.20. The van der Waals surface area contributed by atoms with E-state index in [0.717, 1.165) is 11.5 Å². The van der Waals surface area contributed by atoms with Crippen LogP contribution in [0.3, 0.4) is 0 Å². The molecule has 2 N–H and O–H groups in total. The SMILES string of the molecule is Cc1ccc(CN(C)c2nc(Cl)nc(C)c2N)o1. The van der Waals surface area contributed by atoms with Gasteiger partial charge in [0.1, 0.15) is 11.5 Å². The minimum atomic E-state index is 0.194. The predicted octanol–water partition coefficient (Wildman–Crippen LogP) is 2.56. The maximum absolute atomic E-state index is 5.96. The van der Waals surface area contributed by atoms with E-state index in [1.807, 2.05) is 31.0 Å². The Morgan fingerprint density at radius 1 is 1.33 bits per heavy atom. The zero-order valence-electron chi connectivity index (χ0n) is 10.6. The van der Waals surface area contributed by atoms with E-state index in [1.165, 1.54) is 0 Å². The number of nitrogen functional groups attached to an aromatic ring is 1. The monoisotopic (exact) mass is 266 g/mol. The molecule has 18 heavy (non-hydrogen) atoms. The molecule has 0 aromatic carbocycles. The summed E-state index contributed by atoms with van der Waals surface area (Å²) < 4.78 is 5.52. The molecule has 0 amide bonds. The van der Waals surface area contributed by atoms with Crippen molar-refractivity contribution in [3.8, 4) is 0 Å². The smallest absolute Gasteiger partial charge is 0.224 e. The topological polar surface area (TPSA) is 68.2 Å². The second-order valence-corrected chi connectivity index (χ2v) is 4.52. The first-order valence-corrected chi connectivity index (χ1v) is 5.91. The van der Waals surface area contributed by atoms with Gasteiger partial charge in [-0.05, 0) is 37.6 Å². The Balaban J connectivity index is 2.26. The second kappa shape index (κ2) is 4.86. The van der Waals surface area contributed by atoms with Crippen LogP contribution in [0, 0.1) is 13.8 Å². The molecule has 0 aliphatic carbocycles. The predicted molar refractivity (Wildman–Crippen MR) is 71.7 cm³/mol. The molecule has 2 aromatic heterocycles. The van der Waals surface area contributed by atoms with Gasteiger partial charge in [0.05, 0.1) is 17.9 Å². The van der Waals surface area contributed by atoms with Crippen molar-refractivity contribution < 1.29 is 4.42 Å². The van der Waals surface area contributed by atoms with Gasteiger partial charge in [0.2, 0.25) is 5.28 Å². The molecule has 2 heterocycles. The van der Waals surface area contributed by atoms with Crippen molar-refractivity contribution in [3.63, 3.8) is 0 Å². The number of halogens is 1. The van der Waals surface area contributed by atoms with Crippen LogP contribution in [-0.2, 0) is 6.54 Å². The number of aryl methyl sites for hydroxylation is 2. The Bertz CT molecular complexity index is 567. The van der Waals surface area contributed by atoms with Crippen LogP contribution in [0.5, 0.6) is 0 Å². The van der Waals surface area contributed by atoms with E-state index >= 15 is 0 Å². The molecular weight excluding hydrogens is 252 g/mol. The molecule has 0 fully saturated rings. The van der Waals surface area contributed by atoms with E-state index in [2.05, 4.69) is 9.97 Å². The lowest BCUT2D eigenvalue weighted by molar-refractivity contribution is 0.481. The highest BCUT2D eigenvalue weighted by atomic mass is 35.5. The third kappa shape index (κ3) is 2.56. The highest BCUT2D eigenvalue weighted by Gasteiger charge is 2.13. The molecule has 0 atom stereocenters. The van der Waals surface area contributed by atoms with Gasteiger partial charge in [-0.2, -0.15) is 4.98 Å². The summed E-state index contributed by atoms with van der Waals surface area (Å²) in [6.07, 6.45) is 0. The standard InChI is InChI=1S/C12H15ClN4O/c1-7-4-5-9(18-7)6-17(3)11-10(14)8(2)15-12(13)16-11/h4-5H,6,14H2,1-3H3. The van der Waals surface area contributed by atoms with Crippen molar-refractivity contribution in [3.05, 3.63) is 34.6 Å². The second-order valence-electron chi connectivity index (χ2n) is 4.18. The first-order chi connectivity index (χ1) is 8.47. The molecule has 2 aromatic rings. The fourth-order valence-electron chi connectivity index (χ4n) is 1.70. The quantitative estimate of drug-likeness (QED) is 0.865. The fraction of sp³-hybridized carbons (Fsp3) is 0.333. The molecular formula is C12H15ClN4O. The van der Waals surface area contributed by atoms with Gasteiger partial charge in [-0.25, -0.2) is 4.98 Å². The van der Waals surface area contributed by atoms with E-state index in [1.54, 1.807) is 6.92 Å². The summed E-state index contributed by atoms with van der Waals surface area (Å²) in [5.41, 5.74) is 7.16. The number of furan rings is 1. The lowest BCUT2D eigenvalue weighted by atomic mass is 10.3. The number of nitrogens with two attached hydrogens (primary N) is 1. The number of rotatable bonds is 3. The third-order valence-corrected chi connectivity index (χ3v) is 2.81. The zero-order chi connectivity index (χ0) is 13.3. The molecule has 0 saturated heterocycles. The van der Waals surface area contributed by atoms with Gasteiger partial charge >= 0.3 is 0 Å². The van der Waals surface area contributed by atoms with E-state index in [9.17, 15) is 0 Å². The Kier molecular flexibility index (Phi) is 3.43. The molecule has 96 valence electrons. The van der Waals surface area contributed by atoms with Gasteiger partial charge in [0.15, 0.2) is 5.82 Å². The van der Waals surface area contributed by atoms with Crippen molar-refractivity contribution in [1.82, 2.24) is 9.97 Å². The van der Waals surface area contributed by atoms with E-state index in [4.69, 9.17) is 21.8 Å². The average Bonchev–Trinajstić information content (AvgIpc) is 2.69. The van der Waals surface area contributed by atoms with E-state index in [-0.39, 0.29) is 5.28 Å². The van der Waals surface area contributed by atoms with Gasteiger partial charge in [-0.1, -0.05) is 0 Å². The summed E-state index contributed by atoms with van der Waals surface area (Å²) in [6, 6.07) is 3.85. The number of hydrogen-bond acceptors (Lipinski definition) is 5. The zero-order valence-corrected chi connectivity index (χ0v) is 11.3. The molecule has 0 bridgehead atoms. The molecule has 0 spiro atoms. The maximum atomic E-state index is 5.96. The van der Waals surface area contributed by atoms with Gasteiger partial charge in [-0.3, -0.25) is 0 Å². The fourth-order valence-corrected chi connectivity index (χ4v) is 1.91. The Labute approximate surface area is 111 Å². The maximum Gasteiger partial charge on any atom is 0.224 e. The van der Waals surface area contributed by atoms with Crippen LogP contribution in [0.1, 0.15) is 17.2 Å². The molecule has 0 saturated carbocycles. The molecule has 2 rings (SSSR count). The summed E-state index contributed by atoms with van der Waals surface area (Å²) in [6.45, 7) is 4.28. The Morgan fingerprint density at radius 3 is 2.67 bits per heavy atom. The lowest BCUT2D eigenvalue weighted by Gasteiger charge is -2.19. The minimum absolute atomic E-state index is 0.194. The molecule has 5 nitrogen and oxygen atoms in total. The van der Waals surface area contributed by atoms with Crippen molar-refractivity contribution in [1.29, 1.82) is 0 Å². The summed E-state index contributed by atoms with van der Waals surface area (Å²) in [5, 5.41) is 0.194. The molecule has 0 radical (unpaired) electrons. The van der Waals surface area contributed by atoms with Crippen LogP contribution in [0.25, 0.3) is 0 Å². The van der Waals surface area contributed by atoms with Crippen LogP contribution in [0.2, 0.25) is 5.28 Å². The average molecular weight is 267 g/mol. The van der Waals surface area contributed by atoms with Crippen molar-refractivity contribution >= 4 is 23.1 Å². The van der Waals surface area contributed by atoms with E-state index < -0.39 is 0 Å². The summed E-state index contributed by atoms with van der Waals surface area (Å²) >= 11 is 5.85. The number of hydrogen-bond donors (Lipinski definition) is 1. The van der Waals surface area contributed by atoms with Crippen LogP contribution >= 0.6 is 11.6 Å². The summed E-state index contributed by atoms with van der Waals surface area (Å²) in [7, 11) is 1.88. The van der Waals surface area contributed by atoms with E-state index in [0.29, 0.717) is 23.7 Å².